The second-order valence-corrected chi connectivity index (χ2v) is 7.22. The average Bonchev–Trinajstić information content (AvgIpc) is 2.74. The highest BCUT2D eigenvalue weighted by Crippen LogP contribution is 2.59. The largest absolute Gasteiger partial charge is 0.508 e. The fourth-order valence-corrected chi connectivity index (χ4v) is 5.34. The Morgan fingerprint density at radius 3 is 2.90 bits per heavy atom. The zero-order chi connectivity index (χ0) is 13.9. The molecule has 0 bridgehead atoms. The van der Waals surface area contributed by atoms with Crippen LogP contribution < -0.4 is 0 Å². The Hall–Kier alpha value is -1.31. The maximum atomic E-state index is 12.3. The van der Waals surface area contributed by atoms with Crippen LogP contribution in [-0.2, 0) is 11.2 Å². The summed E-state index contributed by atoms with van der Waals surface area (Å²) in [6, 6.07) is 5.90. The first-order chi connectivity index (χ1) is 9.59. The molecule has 0 spiro atoms. The number of carbonyl (C=O) groups is 1. The summed E-state index contributed by atoms with van der Waals surface area (Å²) in [5.41, 5.74) is 2.75. The molecule has 4 atom stereocenters. The highest BCUT2D eigenvalue weighted by molar-refractivity contribution is 5.87. The monoisotopic (exact) mass is 270 g/mol. The number of aromatic hydroxyl groups is 1. The molecule has 0 aliphatic heterocycles. The van der Waals surface area contributed by atoms with Crippen molar-refractivity contribution >= 4 is 5.78 Å². The highest BCUT2D eigenvalue weighted by Gasteiger charge is 2.54. The summed E-state index contributed by atoms with van der Waals surface area (Å²) in [6.45, 7) is 2.22. The third-order valence-corrected chi connectivity index (χ3v) is 6.42. The van der Waals surface area contributed by atoms with Gasteiger partial charge in [-0.3, -0.25) is 4.79 Å². The normalized spacial score (nSPS) is 39.0. The Morgan fingerprint density at radius 1 is 1.20 bits per heavy atom. The SMILES string of the molecule is C[C@]12CCC3c4ccc(O)cc4CCC3C1CCC2=O. The molecule has 2 saturated carbocycles. The van der Waals surface area contributed by atoms with E-state index in [1.807, 2.05) is 12.1 Å². The van der Waals surface area contributed by atoms with E-state index in [-0.39, 0.29) is 5.41 Å². The summed E-state index contributed by atoms with van der Waals surface area (Å²) in [5, 5.41) is 9.67. The van der Waals surface area contributed by atoms with Gasteiger partial charge >= 0.3 is 0 Å². The number of hydrogen-bond acceptors (Lipinski definition) is 2. The van der Waals surface area contributed by atoms with Crippen molar-refractivity contribution in [3.8, 4) is 5.75 Å². The van der Waals surface area contributed by atoms with Crippen LogP contribution in [0.2, 0.25) is 0 Å². The van der Waals surface area contributed by atoms with Crippen LogP contribution in [0.25, 0.3) is 0 Å². The third-order valence-electron chi connectivity index (χ3n) is 6.42. The van der Waals surface area contributed by atoms with Crippen LogP contribution in [0.4, 0.5) is 0 Å². The van der Waals surface area contributed by atoms with Gasteiger partial charge in [0, 0.05) is 11.8 Å². The van der Waals surface area contributed by atoms with Crippen molar-refractivity contribution in [2.24, 2.45) is 17.3 Å². The number of rotatable bonds is 0. The number of aryl methyl sites for hydroxylation is 1. The van der Waals surface area contributed by atoms with Crippen molar-refractivity contribution in [1.29, 1.82) is 0 Å². The van der Waals surface area contributed by atoms with E-state index in [4.69, 9.17) is 0 Å². The minimum Gasteiger partial charge on any atom is -0.508 e. The zero-order valence-electron chi connectivity index (χ0n) is 12.1. The van der Waals surface area contributed by atoms with Crippen molar-refractivity contribution in [2.45, 2.75) is 51.4 Å². The van der Waals surface area contributed by atoms with E-state index in [1.165, 1.54) is 17.5 Å². The number of fused-ring (bicyclic) bond motifs is 5. The Bertz CT molecular complexity index is 577. The third kappa shape index (κ3) is 1.54. The minimum atomic E-state index is -0.0322. The second kappa shape index (κ2) is 4.09. The summed E-state index contributed by atoms with van der Waals surface area (Å²) in [6.07, 6.45) is 6.34. The van der Waals surface area contributed by atoms with Gasteiger partial charge in [-0.15, -0.1) is 0 Å². The van der Waals surface area contributed by atoms with Gasteiger partial charge < -0.3 is 5.11 Å². The van der Waals surface area contributed by atoms with Gasteiger partial charge in [-0.2, -0.15) is 0 Å². The van der Waals surface area contributed by atoms with Gasteiger partial charge in [-0.1, -0.05) is 13.0 Å². The lowest BCUT2D eigenvalue weighted by Crippen LogP contribution is -2.42. The lowest BCUT2D eigenvalue weighted by atomic mass is 9.55. The average molecular weight is 270 g/mol. The van der Waals surface area contributed by atoms with Crippen molar-refractivity contribution in [3.05, 3.63) is 29.3 Å². The molecule has 2 heteroatoms. The minimum absolute atomic E-state index is 0.0322. The summed E-state index contributed by atoms with van der Waals surface area (Å²) in [4.78, 5) is 12.3. The van der Waals surface area contributed by atoms with E-state index in [2.05, 4.69) is 13.0 Å². The van der Waals surface area contributed by atoms with Gasteiger partial charge in [0.2, 0.25) is 0 Å². The molecular weight excluding hydrogens is 248 g/mol. The van der Waals surface area contributed by atoms with E-state index in [9.17, 15) is 9.90 Å². The fraction of sp³-hybridized carbons (Fsp3) is 0.611. The molecule has 1 N–H and O–H groups in total. The molecule has 0 heterocycles. The summed E-state index contributed by atoms with van der Waals surface area (Å²) in [7, 11) is 0. The number of benzene rings is 1. The lowest BCUT2D eigenvalue weighted by Gasteiger charge is -2.48. The molecule has 0 amide bonds. The van der Waals surface area contributed by atoms with E-state index in [1.54, 1.807) is 0 Å². The van der Waals surface area contributed by atoms with Crippen molar-refractivity contribution < 1.29 is 9.90 Å². The molecule has 1 aromatic carbocycles. The Labute approximate surface area is 120 Å². The Balaban J connectivity index is 1.73. The van der Waals surface area contributed by atoms with Crippen LogP contribution in [0.15, 0.2) is 18.2 Å². The number of phenols is 1. The summed E-state index contributed by atoms with van der Waals surface area (Å²) in [5.74, 6) is 2.78. The molecule has 0 saturated heterocycles. The Kier molecular flexibility index (Phi) is 2.55. The van der Waals surface area contributed by atoms with E-state index >= 15 is 0 Å². The predicted octanol–water partition coefficient (Wildman–Crippen LogP) is 3.82. The van der Waals surface area contributed by atoms with Crippen molar-refractivity contribution in [3.63, 3.8) is 0 Å². The van der Waals surface area contributed by atoms with Crippen LogP contribution in [0.5, 0.6) is 5.75 Å². The smallest absolute Gasteiger partial charge is 0.139 e. The van der Waals surface area contributed by atoms with Crippen LogP contribution in [-0.4, -0.2) is 10.9 Å². The van der Waals surface area contributed by atoms with Gasteiger partial charge in [0.05, 0.1) is 0 Å². The van der Waals surface area contributed by atoms with Gasteiger partial charge in [-0.25, -0.2) is 0 Å². The first-order valence-corrected chi connectivity index (χ1v) is 7.95. The number of hydrogen-bond donors (Lipinski definition) is 1. The molecule has 0 radical (unpaired) electrons. The molecule has 0 aromatic heterocycles. The molecule has 3 unspecified atom stereocenters. The lowest BCUT2D eigenvalue weighted by molar-refractivity contribution is -0.129. The Morgan fingerprint density at radius 2 is 2.05 bits per heavy atom. The zero-order valence-corrected chi connectivity index (χ0v) is 12.1. The summed E-state index contributed by atoms with van der Waals surface area (Å²) < 4.78 is 0. The first kappa shape index (κ1) is 12.4. The molecule has 2 fully saturated rings. The quantitative estimate of drug-likeness (QED) is 0.778. The van der Waals surface area contributed by atoms with Crippen molar-refractivity contribution in [1.82, 2.24) is 0 Å². The fourth-order valence-electron chi connectivity index (χ4n) is 5.34. The number of carbonyl (C=O) groups excluding carboxylic acids is 1. The molecule has 1 aromatic rings. The van der Waals surface area contributed by atoms with Crippen LogP contribution in [0.1, 0.15) is 56.1 Å². The molecule has 106 valence electrons. The molecule has 20 heavy (non-hydrogen) atoms. The first-order valence-electron chi connectivity index (χ1n) is 7.95. The van der Waals surface area contributed by atoms with Crippen LogP contribution >= 0.6 is 0 Å². The van der Waals surface area contributed by atoms with Crippen LogP contribution in [0.3, 0.4) is 0 Å². The number of phenolic OH excluding ortho intramolecular Hbond substituents is 1. The standard InChI is InChI=1S/C18H22O2/c1-18-9-8-14-13-5-3-12(19)10-11(13)2-4-15(14)16(18)6-7-17(18)20/h3,5,10,14-16,19H,2,4,6-9H2,1H3/t14?,15?,16?,18-/m0/s1. The van der Waals surface area contributed by atoms with Gasteiger partial charge in [-0.05, 0) is 73.1 Å². The van der Waals surface area contributed by atoms with Gasteiger partial charge in [0.15, 0.2) is 0 Å². The highest BCUT2D eigenvalue weighted by atomic mass is 16.3. The molecule has 3 aliphatic carbocycles. The molecule has 3 aliphatic rings. The van der Waals surface area contributed by atoms with Gasteiger partial charge in [0.1, 0.15) is 11.5 Å². The topological polar surface area (TPSA) is 37.3 Å². The second-order valence-electron chi connectivity index (χ2n) is 7.22. The maximum absolute atomic E-state index is 12.3. The van der Waals surface area contributed by atoms with E-state index < -0.39 is 0 Å². The number of Topliss-reactive ketones (excluding diaryl/α,β-unsaturated/α-hetero) is 1. The van der Waals surface area contributed by atoms with Gasteiger partial charge in [0.25, 0.3) is 0 Å². The van der Waals surface area contributed by atoms with E-state index in [0.29, 0.717) is 29.3 Å². The molecule has 4 rings (SSSR count). The number of ketones is 1. The van der Waals surface area contributed by atoms with Crippen LogP contribution in [0, 0.1) is 17.3 Å². The predicted molar refractivity (Wildman–Crippen MR) is 77.7 cm³/mol. The molecule has 2 nitrogen and oxygen atoms in total. The summed E-state index contributed by atoms with van der Waals surface area (Å²) >= 11 is 0. The van der Waals surface area contributed by atoms with Crippen molar-refractivity contribution in [2.75, 3.05) is 0 Å². The molecular formula is C18H22O2. The van der Waals surface area contributed by atoms with E-state index in [0.717, 1.165) is 32.1 Å². The maximum Gasteiger partial charge on any atom is 0.139 e.